The molecule has 0 fully saturated rings. The molecule has 0 aliphatic rings. The average Bonchev–Trinajstić information content (AvgIpc) is 2.93. The van der Waals surface area contributed by atoms with E-state index in [-0.39, 0.29) is 11.2 Å². The molecule has 0 aliphatic heterocycles. The van der Waals surface area contributed by atoms with Crippen LogP contribution in [0.3, 0.4) is 0 Å². The second-order valence-electron chi connectivity index (χ2n) is 6.76. The summed E-state index contributed by atoms with van der Waals surface area (Å²) in [6.07, 6.45) is 1.68. The summed E-state index contributed by atoms with van der Waals surface area (Å²) in [5.41, 5.74) is 2.61. The molecule has 0 saturated carbocycles. The van der Waals surface area contributed by atoms with Crippen molar-refractivity contribution in [3.8, 4) is 11.4 Å². The van der Waals surface area contributed by atoms with Crippen molar-refractivity contribution in [2.45, 2.75) is 26.2 Å². The number of halogens is 1. The summed E-state index contributed by atoms with van der Waals surface area (Å²) in [6.45, 7) is 6.50. The summed E-state index contributed by atoms with van der Waals surface area (Å²) >= 11 is 5.21. The van der Waals surface area contributed by atoms with Crippen molar-refractivity contribution >= 4 is 18.4 Å². The second kappa shape index (κ2) is 6.72. The van der Waals surface area contributed by atoms with E-state index >= 15 is 0 Å². The summed E-state index contributed by atoms with van der Waals surface area (Å²) in [6, 6.07) is 14.5. The van der Waals surface area contributed by atoms with E-state index in [9.17, 15) is 4.39 Å². The molecule has 128 valence electrons. The van der Waals surface area contributed by atoms with Gasteiger partial charge in [0.1, 0.15) is 5.82 Å². The Morgan fingerprint density at radius 1 is 1.12 bits per heavy atom. The molecule has 1 N–H and O–H groups in total. The molecule has 0 spiro atoms. The Morgan fingerprint density at radius 2 is 1.80 bits per heavy atom. The number of rotatable bonds is 3. The quantitative estimate of drug-likeness (QED) is 0.536. The first-order chi connectivity index (χ1) is 11.9. The van der Waals surface area contributed by atoms with Gasteiger partial charge in [-0.25, -0.2) is 9.49 Å². The SMILES string of the molecule is CC(C)(C)c1ccc(/C=N/n2c(-c3ccccc3F)n[nH]c2=S)cc1. The number of H-pyrrole nitrogens is 1. The highest BCUT2D eigenvalue weighted by Crippen LogP contribution is 2.22. The van der Waals surface area contributed by atoms with Gasteiger partial charge < -0.3 is 0 Å². The Kier molecular flexibility index (Phi) is 4.63. The Bertz CT molecular complexity index is 962. The van der Waals surface area contributed by atoms with Gasteiger partial charge in [0.05, 0.1) is 11.8 Å². The number of aromatic nitrogens is 3. The van der Waals surface area contributed by atoms with E-state index in [2.05, 4.69) is 48.2 Å². The number of nitrogens with one attached hydrogen (secondary N) is 1. The van der Waals surface area contributed by atoms with E-state index in [0.29, 0.717) is 16.2 Å². The van der Waals surface area contributed by atoms with Gasteiger partial charge >= 0.3 is 0 Å². The summed E-state index contributed by atoms with van der Waals surface area (Å²) in [7, 11) is 0. The number of benzene rings is 2. The van der Waals surface area contributed by atoms with Gasteiger partial charge in [0.25, 0.3) is 0 Å². The van der Waals surface area contributed by atoms with E-state index in [1.54, 1.807) is 24.4 Å². The topological polar surface area (TPSA) is 46.0 Å². The van der Waals surface area contributed by atoms with Crippen LogP contribution in [0.15, 0.2) is 53.6 Å². The molecule has 6 heteroatoms. The molecule has 2 aromatic carbocycles. The Labute approximate surface area is 151 Å². The zero-order valence-electron chi connectivity index (χ0n) is 14.3. The number of hydrogen-bond donors (Lipinski definition) is 1. The molecule has 0 atom stereocenters. The van der Waals surface area contributed by atoms with Gasteiger partial charge in [-0.15, -0.1) is 0 Å². The van der Waals surface area contributed by atoms with Crippen molar-refractivity contribution in [2.24, 2.45) is 5.10 Å². The van der Waals surface area contributed by atoms with Crippen LogP contribution in [0.5, 0.6) is 0 Å². The minimum atomic E-state index is -0.373. The first kappa shape index (κ1) is 17.2. The van der Waals surface area contributed by atoms with E-state index in [0.717, 1.165) is 5.56 Å². The van der Waals surface area contributed by atoms with Gasteiger partial charge in [-0.3, -0.25) is 0 Å². The van der Waals surface area contributed by atoms with E-state index in [1.165, 1.54) is 16.3 Å². The van der Waals surface area contributed by atoms with Crippen LogP contribution >= 0.6 is 12.2 Å². The average molecular weight is 354 g/mol. The molecule has 0 radical (unpaired) electrons. The summed E-state index contributed by atoms with van der Waals surface area (Å²) in [4.78, 5) is 0. The highest BCUT2D eigenvalue weighted by molar-refractivity contribution is 7.71. The molecular formula is C19H19FN4S. The first-order valence-electron chi connectivity index (χ1n) is 7.93. The predicted molar refractivity (Wildman–Crippen MR) is 101 cm³/mol. The fourth-order valence-electron chi connectivity index (χ4n) is 2.41. The zero-order chi connectivity index (χ0) is 18.0. The summed E-state index contributed by atoms with van der Waals surface area (Å²) in [5, 5.41) is 11.1. The molecule has 0 aliphatic carbocycles. The van der Waals surface area contributed by atoms with E-state index < -0.39 is 0 Å². The third-order valence-corrected chi connectivity index (χ3v) is 4.13. The van der Waals surface area contributed by atoms with Gasteiger partial charge in [-0.2, -0.15) is 14.9 Å². The maximum Gasteiger partial charge on any atom is 0.216 e. The lowest BCUT2D eigenvalue weighted by Crippen LogP contribution is -2.10. The lowest BCUT2D eigenvalue weighted by Gasteiger charge is -2.18. The van der Waals surface area contributed by atoms with Crippen molar-refractivity contribution < 1.29 is 4.39 Å². The summed E-state index contributed by atoms with van der Waals surface area (Å²) < 4.78 is 15.8. The van der Waals surface area contributed by atoms with Crippen LogP contribution in [0.1, 0.15) is 31.9 Å². The largest absolute Gasteiger partial charge is 0.250 e. The lowest BCUT2D eigenvalue weighted by atomic mass is 9.87. The molecule has 0 unspecified atom stereocenters. The Balaban J connectivity index is 1.94. The normalized spacial score (nSPS) is 12.0. The van der Waals surface area contributed by atoms with Gasteiger partial charge in [-0.05, 0) is 40.9 Å². The molecule has 0 saturated heterocycles. The van der Waals surface area contributed by atoms with Crippen LogP contribution in [0.4, 0.5) is 4.39 Å². The van der Waals surface area contributed by atoms with Crippen LogP contribution < -0.4 is 0 Å². The molecule has 25 heavy (non-hydrogen) atoms. The zero-order valence-corrected chi connectivity index (χ0v) is 15.1. The van der Waals surface area contributed by atoms with E-state index in [1.807, 2.05) is 12.1 Å². The van der Waals surface area contributed by atoms with Crippen LogP contribution in [0.25, 0.3) is 11.4 Å². The predicted octanol–water partition coefficient (Wildman–Crippen LogP) is 4.93. The highest BCUT2D eigenvalue weighted by atomic mass is 32.1. The van der Waals surface area contributed by atoms with Crippen molar-refractivity contribution in [3.05, 3.63) is 70.2 Å². The van der Waals surface area contributed by atoms with Gasteiger partial charge in [0, 0.05) is 0 Å². The van der Waals surface area contributed by atoms with Crippen molar-refractivity contribution in [1.82, 2.24) is 14.9 Å². The molecule has 3 rings (SSSR count). The van der Waals surface area contributed by atoms with Crippen molar-refractivity contribution in [1.29, 1.82) is 0 Å². The standard InChI is InChI=1S/C19H19FN4S/c1-19(2,3)14-10-8-13(9-11-14)12-21-24-17(22-23-18(24)25)15-6-4-5-7-16(15)20/h4-12H,1-3H3,(H,23,25)/b21-12+. The Morgan fingerprint density at radius 3 is 2.44 bits per heavy atom. The van der Waals surface area contributed by atoms with Crippen LogP contribution in [-0.2, 0) is 5.41 Å². The maximum absolute atomic E-state index is 14.0. The Hall–Kier alpha value is -2.60. The molecule has 0 bridgehead atoms. The number of nitrogens with zero attached hydrogens (tertiary/aromatic N) is 3. The van der Waals surface area contributed by atoms with Crippen molar-refractivity contribution in [2.75, 3.05) is 0 Å². The number of hydrogen-bond acceptors (Lipinski definition) is 3. The minimum absolute atomic E-state index is 0.0980. The second-order valence-corrected chi connectivity index (χ2v) is 7.15. The smallest absolute Gasteiger partial charge is 0.216 e. The minimum Gasteiger partial charge on any atom is -0.250 e. The monoisotopic (exact) mass is 354 g/mol. The molecule has 0 amide bonds. The van der Waals surface area contributed by atoms with Crippen molar-refractivity contribution in [3.63, 3.8) is 0 Å². The van der Waals surface area contributed by atoms with Crippen LogP contribution in [0, 0.1) is 10.6 Å². The van der Waals surface area contributed by atoms with Gasteiger partial charge in [-0.1, -0.05) is 57.2 Å². The lowest BCUT2D eigenvalue weighted by molar-refractivity contribution is 0.590. The van der Waals surface area contributed by atoms with E-state index in [4.69, 9.17) is 12.2 Å². The van der Waals surface area contributed by atoms with Gasteiger partial charge in [0.15, 0.2) is 5.82 Å². The summed E-state index contributed by atoms with van der Waals surface area (Å²) in [5.74, 6) is -0.0341. The highest BCUT2D eigenvalue weighted by Gasteiger charge is 2.13. The first-order valence-corrected chi connectivity index (χ1v) is 8.34. The van der Waals surface area contributed by atoms with Crippen LogP contribution in [-0.4, -0.2) is 21.1 Å². The molecular weight excluding hydrogens is 335 g/mol. The molecule has 3 aromatic rings. The van der Waals surface area contributed by atoms with Crippen LogP contribution in [0.2, 0.25) is 0 Å². The molecule has 1 heterocycles. The van der Waals surface area contributed by atoms with Gasteiger partial charge in [0.2, 0.25) is 4.77 Å². The third kappa shape index (κ3) is 3.74. The third-order valence-electron chi connectivity index (χ3n) is 3.86. The fourth-order valence-corrected chi connectivity index (χ4v) is 2.59. The fraction of sp³-hybridized carbons (Fsp3) is 0.211. The maximum atomic E-state index is 14.0. The molecule has 4 nitrogen and oxygen atoms in total. The molecule has 1 aromatic heterocycles. The number of aromatic amines is 1.